The number of hydrogen-bond donors (Lipinski definition) is 0. The van der Waals surface area contributed by atoms with E-state index in [0.717, 1.165) is 0 Å². The molecule has 1 aliphatic rings. The maximum Gasteiger partial charge on any atom is 0.410 e. The standard InChI is InChI=1S/C19H21FN4O2/c1-19(2,3)26-18(25)23-9-13(10-23)11-24-12-15(8-22-24)17-6-16(20)5-4-14(17)7-21/h4-6,8,12-13H,9-11H2,1-3H3. The first kappa shape index (κ1) is 17.9. The molecule has 7 heteroatoms. The number of carbonyl (C=O) groups excluding carboxylic acids is 1. The molecule has 6 nitrogen and oxygen atoms in total. The molecule has 1 aromatic carbocycles. The molecule has 1 aliphatic heterocycles. The van der Waals surface area contributed by atoms with Gasteiger partial charge < -0.3 is 9.64 Å². The smallest absolute Gasteiger partial charge is 0.410 e. The van der Waals surface area contributed by atoms with Crippen molar-refractivity contribution in [3.05, 3.63) is 42.0 Å². The number of aromatic nitrogens is 2. The number of benzene rings is 1. The van der Waals surface area contributed by atoms with Crippen molar-refractivity contribution in [2.24, 2.45) is 5.92 Å². The molecule has 0 atom stereocenters. The number of nitrogens with zero attached hydrogens (tertiary/aromatic N) is 4. The highest BCUT2D eigenvalue weighted by Gasteiger charge is 2.33. The first-order valence-electron chi connectivity index (χ1n) is 8.45. The van der Waals surface area contributed by atoms with Crippen LogP contribution in [0.15, 0.2) is 30.6 Å². The molecule has 2 aromatic rings. The van der Waals surface area contributed by atoms with Crippen LogP contribution in [0, 0.1) is 23.1 Å². The molecule has 1 fully saturated rings. The molecule has 0 spiro atoms. The Morgan fingerprint density at radius 2 is 2.15 bits per heavy atom. The second-order valence-electron chi connectivity index (χ2n) is 7.50. The summed E-state index contributed by atoms with van der Waals surface area (Å²) >= 11 is 0. The molecule has 0 N–H and O–H groups in total. The highest BCUT2D eigenvalue weighted by atomic mass is 19.1. The van der Waals surface area contributed by atoms with Crippen molar-refractivity contribution in [2.45, 2.75) is 32.9 Å². The van der Waals surface area contributed by atoms with Crippen LogP contribution in [0.3, 0.4) is 0 Å². The van der Waals surface area contributed by atoms with Crippen molar-refractivity contribution < 1.29 is 13.9 Å². The van der Waals surface area contributed by atoms with E-state index in [2.05, 4.69) is 11.2 Å². The average Bonchev–Trinajstić information content (AvgIpc) is 2.97. The Morgan fingerprint density at radius 3 is 2.81 bits per heavy atom. The minimum atomic E-state index is -0.498. The van der Waals surface area contributed by atoms with E-state index < -0.39 is 11.4 Å². The van der Waals surface area contributed by atoms with Crippen LogP contribution in [0.5, 0.6) is 0 Å². The summed E-state index contributed by atoms with van der Waals surface area (Å²) in [6, 6.07) is 6.14. The lowest BCUT2D eigenvalue weighted by Gasteiger charge is -2.39. The van der Waals surface area contributed by atoms with Crippen molar-refractivity contribution in [3.8, 4) is 17.2 Å². The molecule has 0 unspecified atom stereocenters. The maximum absolute atomic E-state index is 13.5. The zero-order valence-corrected chi connectivity index (χ0v) is 15.1. The van der Waals surface area contributed by atoms with Crippen LogP contribution >= 0.6 is 0 Å². The average molecular weight is 356 g/mol. The van der Waals surface area contributed by atoms with Crippen molar-refractivity contribution in [2.75, 3.05) is 13.1 Å². The fourth-order valence-corrected chi connectivity index (χ4v) is 2.88. The molecule has 1 saturated heterocycles. The van der Waals surface area contributed by atoms with Crippen molar-refractivity contribution in [3.63, 3.8) is 0 Å². The van der Waals surface area contributed by atoms with Gasteiger partial charge in [0.15, 0.2) is 0 Å². The fraction of sp³-hybridized carbons (Fsp3) is 0.421. The SMILES string of the molecule is CC(C)(C)OC(=O)N1CC(Cn2cc(-c3cc(F)ccc3C#N)cn2)C1. The summed E-state index contributed by atoms with van der Waals surface area (Å²) < 4.78 is 20.6. The van der Waals surface area contributed by atoms with Gasteiger partial charge in [-0.15, -0.1) is 0 Å². The van der Waals surface area contributed by atoms with Gasteiger partial charge in [-0.3, -0.25) is 4.68 Å². The Labute approximate surface area is 151 Å². The van der Waals surface area contributed by atoms with E-state index in [-0.39, 0.29) is 6.09 Å². The summed E-state index contributed by atoms with van der Waals surface area (Å²) in [6.45, 7) is 7.41. The third kappa shape index (κ3) is 4.02. The molecular formula is C19H21FN4O2. The first-order valence-corrected chi connectivity index (χ1v) is 8.45. The second kappa shape index (κ2) is 6.79. The van der Waals surface area contributed by atoms with E-state index in [1.807, 2.05) is 20.8 Å². The third-order valence-corrected chi connectivity index (χ3v) is 4.10. The number of likely N-dealkylation sites (tertiary alicyclic amines) is 1. The summed E-state index contributed by atoms with van der Waals surface area (Å²) in [5.74, 6) is -0.100. The van der Waals surface area contributed by atoms with E-state index in [9.17, 15) is 14.4 Å². The van der Waals surface area contributed by atoms with Crippen LogP contribution < -0.4 is 0 Å². The molecule has 0 saturated carbocycles. The Morgan fingerprint density at radius 1 is 1.42 bits per heavy atom. The number of amides is 1. The number of carbonyl (C=O) groups is 1. The van der Waals surface area contributed by atoms with E-state index in [0.29, 0.717) is 42.2 Å². The predicted molar refractivity (Wildman–Crippen MR) is 93.6 cm³/mol. The Balaban J connectivity index is 1.60. The molecule has 1 aromatic heterocycles. The van der Waals surface area contributed by atoms with Crippen LogP contribution in [0.25, 0.3) is 11.1 Å². The summed E-state index contributed by atoms with van der Waals surface area (Å²) in [5.41, 5.74) is 1.14. The molecule has 26 heavy (non-hydrogen) atoms. The monoisotopic (exact) mass is 356 g/mol. The van der Waals surface area contributed by atoms with Crippen molar-refractivity contribution >= 4 is 6.09 Å². The van der Waals surface area contributed by atoms with Crippen LogP contribution in [-0.4, -0.2) is 39.5 Å². The zero-order chi connectivity index (χ0) is 18.9. The molecule has 0 radical (unpaired) electrons. The molecule has 0 aliphatic carbocycles. The fourth-order valence-electron chi connectivity index (χ4n) is 2.88. The van der Waals surface area contributed by atoms with Gasteiger partial charge in [0.25, 0.3) is 0 Å². The van der Waals surface area contributed by atoms with Gasteiger partial charge in [0, 0.05) is 42.9 Å². The van der Waals surface area contributed by atoms with Gasteiger partial charge in [0.2, 0.25) is 0 Å². The Hall–Kier alpha value is -2.88. The van der Waals surface area contributed by atoms with Crippen molar-refractivity contribution in [1.29, 1.82) is 5.26 Å². The van der Waals surface area contributed by atoms with Crippen LogP contribution in [0.4, 0.5) is 9.18 Å². The minimum Gasteiger partial charge on any atom is -0.444 e. The molecule has 3 rings (SSSR count). The van der Waals surface area contributed by atoms with Gasteiger partial charge in [-0.25, -0.2) is 9.18 Å². The molecule has 1 amide bonds. The summed E-state index contributed by atoms with van der Waals surface area (Å²) in [7, 11) is 0. The zero-order valence-electron chi connectivity index (χ0n) is 15.1. The van der Waals surface area contributed by atoms with Gasteiger partial charge in [-0.1, -0.05) is 0 Å². The Bertz CT molecular complexity index is 857. The van der Waals surface area contributed by atoms with E-state index >= 15 is 0 Å². The third-order valence-electron chi connectivity index (χ3n) is 4.10. The summed E-state index contributed by atoms with van der Waals surface area (Å²) in [6.07, 6.45) is 3.12. The number of nitriles is 1. The van der Waals surface area contributed by atoms with Crippen LogP contribution in [0.1, 0.15) is 26.3 Å². The Kier molecular flexibility index (Phi) is 4.68. The quantitative estimate of drug-likeness (QED) is 0.845. The lowest BCUT2D eigenvalue weighted by atomic mass is 10.0. The van der Waals surface area contributed by atoms with Gasteiger partial charge in [0.1, 0.15) is 11.4 Å². The predicted octanol–water partition coefficient (Wildman–Crippen LogP) is 3.43. The first-order chi connectivity index (χ1) is 12.2. The minimum absolute atomic E-state index is 0.290. The van der Waals surface area contributed by atoms with E-state index in [4.69, 9.17) is 4.74 Å². The van der Waals surface area contributed by atoms with Crippen LogP contribution in [0.2, 0.25) is 0 Å². The van der Waals surface area contributed by atoms with Gasteiger partial charge in [-0.05, 0) is 39.0 Å². The van der Waals surface area contributed by atoms with E-state index in [1.54, 1.807) is 22.0 Å². The largest absolute Gasteiger partial charge is 0.444 e. The van der Waals surface area contributed by atoms with Gasteiger partial charge in [0.05, 0.1) is 17.8 Å². The van der Waals surface area contributed by atoms with Crippen molar-refractivity contribution in [1.82, 2.24) is 14.7 Å². The number of hydrogen-bond acceptors (Lipinski definition) is 4. The topological polar surface area (TPSA) is 71.2 Å². The lowest BCUT2D eigenvalue weighted by Crippen LogP contribution is -2.52. The lowest BCUT2D eigenvalue weighted by molar-refractivity contribution is -0.00383. The maximum atomic E-state index is 13.5. The normalized spacial score (nSPS) is 14.7. The summed E-state index contributed by atoms with van der Waals surface area (Å²) in [5, 5.41) is 13.5. The van der Waals surface area contributed by atoms with E-state index in [1.165, 1.54) is 18.2 Å². The molecule has 136 valence electrons. The number of rotatable bonds is 3. The van der Waals surface area contributed by atoms with Gasteiger partial charge in [-0.2, -0.15) is 10.4 Å². The highest BCUT2D eigenvalue weighted by molar-refractivity contribution is 5.70. The number of ether oxygens (including phenoxy) is 1. The second-order valence-corrected chi connectivity index (χ2v) is 7.50. The summed E-state index contributed by atoms with van der Waals surface area (Å²) in [4.78, 5) is 13.6. The molecular weight excluding hydrogens is 335 g/mol. The molecule has 2 heterocycles. The van der Waals surface area contributed by atoms with Crippen LogP contribution in [-0.2, 0) is 11.3 Å². The highest BCUT2D eigenvalue weighted by Crippen LogP contribution is 2.25. The number of halogens is 1. The molecule has 0 bridgehead atoms. The van der Waals surface area contributed by atoms with Gasteiger partial charge >= 0.3 is 6.09 Å².